The molecular weight excluding hydrogens is 306 g/mol. The van der Waals surface area contributed by atoms with Gasteiger partial charge in [0, 0.05) is 17.5 Å². The quantitative estimate of drug-likeness (QED) is 0.875. The van der Waals surface area contributed by atoms with Crippen molar-refractivity contribution in [2.24, 2.45) is 0 Å². The van der Waals surface area contributed by atoms with E-state index < -0.39 is 6.61 Å². The van der Waals surface area contributed by atoms with Crippen LogP contribution in [0.5, 0.6) is 5.75 Å². The first-order valence-electron chi connectivity index (χ1n) is 5.90. The highest BCUT2D eigenvalue weighted by Gasteiger charge is 2.13. The molecule has 20 heavy (non-hydrogen) atoms. The number of nitrogens with one attached hydrogen (secondary N) is 1. The molecule has 0 aliphatic heterocycles. The third-order valence-electron chi connectivity index (χ3n) is 2.46. The van der Waals surface area contributed by atoms with Gasteiger partial charge < -0.3 is 10.1 Å². The van der Waals surface area contributed by atoms with Crippen molar-refractivity contribution in [3.63, 3.8) is 0 Å². The summed E-state index contributed by atoms with van der Waals surface area (Å²) < 4.78 is 29.2. The van der Waals surface area contributed by atoms with Crippen LogP contribution in [0.1, 0.15) is 11.9 Å². The van der Waals surface area contributed by atoms with E-state index in [0.717, 1.165) is 11.6 Å². The van der Waals surface area contributed by atoms with Crippen LogP contribution in [-0.4, -0.2) is 18.1 Å². The number of nitrogens with zero attached hydrogens (tertiary/aromatic N) is 1. The van der Waals surface area contributed by atoms with E-state index in [-0.39, 0.29) is 18.2 Å². The number of hydrogen-bond acceptors (Lipinski definition) is 4. The Morgan fingerprint density at radius 2 is 2.10 bits per heavy atom. The summed E-state index contributed by atoms with van der Waals surface area (Å²) in [7, 11) is 0. The summed E-state index contributed by atoms with van der Waals surface area (Å²) in [6, 6.07) is 6.68. The maximum Gasteiger partial charge on any atom is 0.387 e. The van der Waals surface area contributed by atoms with Gasteiger partial charge >= 0.3 is 6.61 Å². The van der Waals surface area contributed by atoms with Crippen LogP contribution in [0.15, 0.2) is 29.6 Å². The molecule has 0 saturated carbocycles. The van der Waals surface area contributed by atoms with Crippen molar-refractivity contribution in [2.45, 2.75) is 20.1 Å². The number of alkyl halides is 2. The lowest BCUT2D eigenvalue weighted by Gasteiger charge is -2.08. The van der Waals surface area contributed by atoms with Gasteiger partial charge in [-0.15, -0.1) is 23.7 Å². The number of hydrogen-bond donors (Lipinski definition) is 1. The van der Waals surface area contributed by atoms with Crippen LogP contribution in [0.25, 0.3) is 11.3 Å². The van der Waals surface area contributed by atoms with Crippen molar-refractivity contribution >= 4 is 23.7 Å². The first-order valence-corrected chi connectivity index (χ1v) is 6.78. The van der Waals surface area contributed by atoms with Crippen molar-refractivity contribution in [3.8, 4) is 17.0 Å². The normalized spacial score (nSPS) is 10.4. The van der Waals surface area contributed by atoms with Crippen LogP contribution >= 0.6 is 23.7 Å². The average molecular weight is 321 g/mol. The summed E-state index contributed by atoms with van der Waals surface area (Å²) in [5, 5.41) is 5.94. The standard InChI is InChI=1S/C13H14F2N2OS.ClH/c1-2-16-7-12-17-10(8-19-12)9-5-3-4-6-11(9)18-13(14)15;/h3-6,8,13,16H,2,7H2,1H3;1H. The van der Waals surface area contributed by atoms with Crippen LogP contribution in [0.3, 0.4) is 0 Å². The Balaban J connectivity index is 0.00000200. The minimum absolute atomic E-state index is 0. The molecule has 1 heterocycles. The van der Waals surface area contributed by atoms with Crippen LogP contribution in [0.4, 0.5) is 8.78 Å². The highest BCUT2D eigenvalue weighted by molar-refractivity contribution is 7.09. The van der Waals surface area contributed by atoms with Gasteiger partial charge in [0.1, 0.15) is 10.8 Å². The summed E-state index contributed by atoms with van der Waals surface area (Å²) in [5.41, 5.74) is 1.25. The highest BCUT2D eigenvalue weighted by atomic mass is 35.5. The van der Waals surface area contributed by atoms with E-state index in [4.69, 9.17) is 0 Å². The molecule has 0 fully saturated rings. The van der Waals surface area contributed by atoms with Gasteiger partial charge in [-0.2, -0.15) is 8.78 Å². The topological polar surface area (TPSA) is 34.2 Å². The van der Waals surface area contributed by atoms with E-state index in [0.29, 0.717) is 17.8 Å². The van der Waals surface area contributed by atoms with Crippen LogP contribution < -0.4 is 10.1 Å². The molecule has 3 nitrogen and oxygen atoms in total. The van der Waals surface area contributed by atoms with E-state index in [9.17, 15) is 8.78 Å². The summed E-state index contributed by atoms with van der Waals surface area (Å²) in [4.78, 5) is 4.42. The van der Waals surface area contributed by atoms with Crippen molar-refractivity contribution in [1.29, 1.82) is 0 Å². The summed E-state index contributed by atoms with van der Waals surface area (Å²) in [5.74, 6) is 0.151. The summed E-state index contributed by atoms with van der Waals surface area (Å²) >= 11 is 1.50. The lowest BCUT2D eigenvalue weighted by molar-refractivity contribution is -0.0494. The fraction of sp³-hybridized carbons (Fsp3) is 0.308. The molecule has 2 aromatic rings. The van der Waals surface area contributed by atoms with E-state index in [1.54, 1.807) is 18.2 Å². The molecule has 0 spiro atoms. The van der Waals surface area contributed by atoms with Crippen molar-refractivity contribution in [1.82, 2.24) is 10.3 Å². The zero-order valence-corrected chi connectivity index (χ0v) is 12.4. The molecule has 0 bridgehead atoms. The molecule has 1 aromatic carbocycles. The monoisotopic (exact) mass is 320 g/mol. The predicted molar refractivity (Wildman–Crippen MR) is 78.8 cm³/mol. The van der Waals surface area contributed by atoms with Crippen LogP contribution in [0.2, 0.25) is 0 Å². The molecule has 110 valence electrons. The smallest absolute Gasteiger partial charge is 0.387 e. The molecule has 0 aliphatic carbocycles. The second-order valence-corrected chi connectivity index (χ2v) is 4.72. The Morgan fingerprint density at radius 1 is 1.35 bits per heavy atom. The van der Waals surface area contributed by atoms with E-state index >= 15 is 0 Å². The first-order chi connectivity index (χ1) is 9.20. The van der Waals surface area contributed by atoms with E-state index in [1.807, 2.05) is 12.3 Å². The third kappa shape index (κ3) is 4.40. The summed E-state index contributed by atoms with van der Waals surface area (Å²) in [6.45, 7) is 0.722. The van der Waals surface area contributed by atoms with Crippen LogP contribution in [0, 0.1) is 0 Å². The summed E-state index contributed by atoms with van der Waals surface area (Å²) in [6.07, 6.45) is 0. The lowest BCUT2D eigenvalue weighted by atomic mass is 10.1. The van der Waals surface area contributed by atoms with Gasteiger partial charge in [0.2, 0.25) is 0 Å². The molecule has 0 amide bonds. The molecule has 0 aliphatic rings. The van der Waals surface area contributed by atoms with Crippen molar-refractivity contribution < 1.29 is 13.5 Å². The number of halogens is 3. The Morgan fingerprint density at radius 3 is 2.80 bits per heavy atom. The largest absolute Gasteiger partial charge is 0.434 e. The van der Waals surface area contributed by atoms with Gasteiger partial charge in [-0.25, -0.2) is 4.98 Å². The molecule has 7 heteroatoms. The Kier molecular flexibility index (Phi) is 6.84. The number of thiazole rings is 1. The van der Waals surface area contributed by atoms with E-state index in [2.05, 4.69) is 15.0 Å². The van der Waals surface area contributed by atoms with Gasteiger partial charge in [-0.3, -0.25) is 0 Å². The van der Waals surface area contributed by atoms with Gasteiger partial charge in [0.25, 0.3) is 0 Å². The molecule has 1 N–H and O–H groups in total. The molecule has 0 atom stereocenters. The van der Waals surface area contributed by atoms with Crippen molar-refractivity contribution in [2.75, 3.05) is 6.54 Å². The van der Waals surface area contributed by atoms with Gasteiger partial charge in [-0.05, 0) is 18.7 Å². The second kappa shape index (κ2) is 8.14. The minimum Gasteiger partial charge on any atom is -0.434 e. The first kappa shape index (κ1) is 16.8. The molecule has 0 unspecified atom stereocenters. The highest BCUT2D eigenvalue weighted by Crippen LogP contribution is 2.31. The maximum atomic E-state index is 12.3. The predicted octanol–water partition coefficient (Wildman–Crippen LogP) is 3.94. The zero-order chi connectivity index (χ0) is 13.7. The molecule has 0 radical (unpaired) electrons. The fourth-order valence-corrected chi connectivity index (χ4v) is 2.39. The Hall–Kier alpha value is -1.24. The Bertz CT molecular complexity index is 537. The third-order valence-corrected chi connectivity index (χ3v) is 3.31. The molecular formula is C13H15ClF2N2OS. The molecule has 2 rings (SSSR count). The van der Waals surface area contributed by atoms with Crippen LogP contribution in [-0.2, 0) is 6.54 Å². The average Bonchev–Trinajstić information content (AvgIpc) is 2.85. The lowest BCUT2D eigenvalue weighted by Crippen LogP contribution is -2.11. The fourth-order valence-electron chi connectivity index (χ4n) is 1.62. The Labute approximate surface area is 126 Å². The second-order valence-electron chi connectivity index (χ2n) is 3.78. The zero-order valence-electron chi connectivity index (χ0n) is 10.8. The number of ether oxygens (including phenoxy) is 1. The molecule has 1 aromatic heterocycles. The van der Waals surface area contributed by atoms with Gasteiger partial charge in [-0.1, -0.05) is 19.1 Å². The van der Waals surface area contributed by atoms with E-state index in [1.165, 1.54) is 17.4 Å². The maximum absolute atomic E-state index is 12.3. The molecule has 0 saturated heterocycles. The van der Waals surface area contributed by atoms with Crippen molar-refractivity contribution in [3.05, 3.63) is 34.7 Å². The number of aromatic nitrogens is 1. The minimum atomic E-state index is -2.83. The SMILES string of the molecule is CCNCc1nc(-c2ccccc2OC(F)F)cs1.Cl. The van der Waals surface area contributed by atoms with Gasteiger partial charge in [0.15, 0.2) is 0 Å². The number of para-hydroxylation sites is 1. The number of rotatable bonds is 6. The number of benzene rings is 1. The van der Waals surface area contributed by atoms with Gasteiger partial charge in [0.05, 0.1) is 5.69 Å².